The molecule has 3 rings (SSSR count). The molecule has 5 nitrogen and oxygen atoms in total. The van der Waals surface area contributed by atoms with Crippen LogP contribution in [0, 0.1) is 0 Å². The quantitative estimate of drug-likeness (QED) is 0.697. The van der Waals surface area contributed by atoms with Gasteiger partial charge in [-0.2, -0.15) is 5.10 Å². The lowest BCUT2D eigenvalue weighted by molar-refractivity contribution is 0.904. The average Bonchev–Trinajstić information content (AvgIpc) is 2.58. The lowest BCUT2D eigenvalue weighted by atomic mass is 10.1. The Labute approximate surface area is 108 Å². The fourth-order valence-corrected chi connectivity index (χ4v) is 2.23. The lowest BCUT2D eigenvalue weighted by Gasteiger charge is -2.13. The SMILES string of the molecule is Cn1c(=O)c2c(c3ccccc31)NC(=S)NN=C2. The van der Waals surface area contributed by atoms with Crippen molar-refractivity contribution in [1.82, 2.24) is 9.99 Å². The van der Waals surface area contributed by atoms with Gasteiger partial charge in [-0.15, -0.1) is 0 Å². The minimum absolute atomic E-state index is 0.105. The van der Waals surface area contributed by atoms with Crippen molar-refractivity contribution in [2.24, 2.45) is 12.1 Å². The Kier molecular flexibility index (Phi) is 2.38. The number of thiocarbonyl (C=S) groups is 1. The molecule has 2 heterocycles. The molecule has 2 N–H and O–H groups in total. The molecule has 0 atom stereocenters. The Balaban J connectivity index is 2.50. The van der Waals surface area contributed by atoms with E-state index in [0.717, 1.165) is 10.9 Å². The number of rotatable bonds is 0. The summed E-state index contributed by atoms with van der Waals surface area (Å²) in [5, 5.41) is 8.24. The van der Waals surface area contributed by atoms with Crippen molar-refractivity contribution >= 4 is 40.1 Å². The molecule has 0 saturated heterocycles. The first-order chi connectivity index (χ1) is 8.68. The van der Waals surface area contributed by atoms with E-state index in [0.29, 0.717) is 16.4 Å². The van der Waals surface area contributed by atoms with E-state index in [1.54, 1.807) is 11.6 Å². The van der Waals surface area contributed by atoms with E-state index < -0.39 is 0 Å². The number of aromatic nitrogens is 1. The monoisotopic (exact) mass is 258 g/mol. The van der Waals surface area contributed by atoms with Crippen molar-refractivity contribution in [3.63, 3.8) is 0 Å². The van der Waals surface area contributed by atoms with E-state index in [1.807, 2.05) is 24.3 Å². The zero-order valence-electron chi connectivity index (χ0n) is 9.60. The highest BCUT2D eigenvalue weighted by molar-refractivity contribution is 7.80. The number of pyridine rings is 1. The van der Waals surface area contributed by atoms with Crippen LogP contribution < -0.4 is 16.3 Å². The number of anilines is 1. The van der Waals surface area contributed by atoms with Crippen LogP contribution in [0.1, 0.15) is 5.56 Å². The zero-order chi connectivity index (χ0) is 12.7. The van der Waals surface area contributed by atoms with Crippen molar-refractivity contribution < 1.29 is 0 Å². The Morgan fingerprint density at radius 3 is 2.94 bits per heavy atom. The molecule has 2 aromatic rings. The standard InChI is InChI=1S/C12H10N4OS/c1-16-9-5-3-2-4-7(9)10-8(11(16)17)6-13-15-12(18)14-10/h2-6H,1H3,(H2,14,15,18). The van der Waals surface area contributed by atoms with Crippen molar-refractivity contribution in [1.29, 1.82) is 0 Å². The highest BCUT2D eigenvalue weighted by Crippen LogP contribution is 2.24. The molecule has 1 aliphatic rings. The Morgan fingerprint density at radius 1 is 1.33 bits per heavy atom. The predicted molar refractivity (Wildman–Crippen MR) is 76.1 cm³/mol. The first-order valence-corrected chi connectivity index (χ1v) is 5.81. The minimum Gasteiger partial charge on any atom is -0.330 e. The number of nitrogens with one attached hydrogen (secondary N) is 2. The van der Waals surface area contributed by atoms with Crippen molar-refractivity contribution in [3.8, 4) is 0 Å². The van der Waals surface area contributed by atoms with Crippen LogP contribution in [0.4, 0.5) is 5.69 Å². The van der Waals surface area contributed by atoms with Gasteiger partial charge in [-0.3, -0.25) is 10.2 Å². The number of hydrogen-bond acceptors (Lipinski definition) is 3. The molecule has 6 heteroatoms. The fourth-order valence-electron chi connectivity index (χ4n) is 2.07. The van der Waals surface area contributed by atoms with Crippen LogP contribution >= 0.6 is 12.2 Å². The number of aryl methyl sites for hydroxylation is 1. The van der Waals surface area contributed by atoms with Gasteiger partial charge in [0.25, 0.3) is 5.56 Å². The fraction of sp³-hybridized carbons (Fsp3) is 0.0833. The topological polar surface area (TPSA) is 58.4 Å². The number of benzene rings is 1. The molecular weight excluding hydrogens is 248 g/mol. The summed E-state index contributed by atoms with van der Waals surface area (Å²) >= 11 is 5.06. The van der Waals surface area contributed by atoms with Gasteiger partial charge < -0.3 is 9.88 Å². The molecule has 18 heavy (non-hydrogen) atoms. The maximum absolute atomic E-state index is 12.2. The second kappa shape index (κ2) is 3.92. The molecular formula is C12H10N4OS. The summed E-state index contributed by atoms with van der Waals surface area (Å²) in [6.07, 6.45) is 1.50. The largest absolute Gasteiger partial charge is 0.330 e. The molecule has 1 aromatic carbocycles. The van der Waals surface area contributed by atoms with Crippen LogP contribution in [0.2, 0.25) is 0 Å². The van der Waals surface area contributed by atoms with Crippen LogP contribution in [0.15, 0.2) is 34.2 Å². The second-order valence-corrected chi connectivity index (χ2v) is 4.40. The van der Waals surface area contributed by atoms with Gasteiger partial charge in [0.05, 0.1) is 23.0 Å². The highest BCUT2D eigenvalue weighted by atomic mass is 32.1. The summed E-state index contributed by atoms with van der Waals surface area (Å²) in [5.74, 6) is 0. The van der Waals surface area contributed by atoms with Crippen molar-refractivity contribution in [2.45, 2.75) is 0 Å². The molecule has 0 amide bonds. The van der Waals surface area contributed by atoms with Gasteiger partial charge in [0.15, 0.2) is 5.11 Å². The van der Waals surface area contributed by atoms with Gasteiger partial charge in [0.1, 0.15) is 0 Å². The third-order valence-electron chi connectivity index (χ3n) is 2.94. The molecule has 0 bridgehead atoms. The van der Waals surface area contributed by atoms with E-state index in [4.69, 9.17) is 12.2 Å². The summed E-state index contributed by atoms with van der Waals surface area (Å²) in [6.45, 7) is 0. The first-order valence-electron chi connectivity index (χ1n) is 5.40. The Bertz CT molecular complexity index is 748. The van der Waals surface area contributed by atoms with Crippen LogP contribution in [-0.2, 0) is 7.05 Å². The highest BCUT2D eigenvalue weighted by Gasteiger charge is 2.16. The van der Waals surface area contributed by atoms with Crippen LogP contribution in [0.3, 0.4) is 0 Å². The first kappa shape index (κ1) is 10.9. The smallest absolute Gasteiger partial charge is 0.261 e. The molecule has 0 aliphatic carbocycles. The minimum atomic E-state index is -0.105. The zero-order valence-corrected chi connectivity index (χ0v) is 10.4. The molecule has 0 saturated carbocycles. The van der Waals surface area contributed by atoms with E-state index >= 15 is 0 Å². The van der Waals surface area contributed by atoms with E-state index in [2.05, 4.69) is 15.8 Å². The lowest BCUT2D eigenvalue weighted by Crippen LogP contribution is -2.25. The third kappa shape index (κ3) is 1.50. The number of fused-ring (bicyclic) bond motifs is 3. The number of nitrogens with zero attached hydrogens (tertiary/aromatic N) is 2. The van der Waals surface area contributed by atoms with E-state index in [1.165, 1.54) is 6.21 Å². The molecule has 90 valence electrons. The normalized spacial score (nSPS) is 13.7. The van der Waals surface area contributed by atoms with Crippen LogP contribution in [0.5, 0.6) is 0 Å². The molecule has 0 unspecified atom stereocenters. The summed E-state index contributed by atoms with van der Waals surface area (Å²) in [5.41, 5.74) is 4.60. The van der Waals surface area contributed by atoms with Gasteiger partial charge in [0.2, 0.25) is 0 Å². The van der Waals surface area contributed by atoms with Crippen molar-refractivity contribution in [3.05, 3.63) is 40.2 Å². The summed E-state index contributed by atoms with van der Waals surface area (Å²) < 4.78 is 1.61. The van der Waals surface area contributed by atoms with Gasteiger partial charge >= 0.3 is 0 Å². The maximum Gasteiger partial charge on any atom is 0.261 e. The van der Waals surface area contributed by atoms with Crippen molar-refractivity contribution in [2.75, 3.05) is 5.32 Å². The molecule has 0 radical (unpaired) electrons. The second-order valence-electron chi connectivity index (χ2n) is 3.99. The molecule has 1 aromatic heterocycles. The molecule has 0 fully saturated rings. The van der Waals surface area contributed by atoms with E-state index in [-0.39, 0.29) is 5.56 Å². The van der Waals surface area contributed by atoms with Crippen LogP contribution in [0.25, 0.3) is 10.9 Å². The third-order valence-corrected chi connectivity index (χ3v) is 3.13. The summed E-state index contributed by atoms with van der Waals surface area (Å²) in [4.78, 5) is 12.2. The van der Waals surface area contributed by atoms with Gasteiger partial charge in [-0.1, -0.05) is 18.2 Å². The predicted octanol–water partition coefficient (Wildman–Crippen LogP) is 1.17. The number of hydrazone groups is 1. The number of hydrogen-bond donors (Lipinski definition) is 2. The summed E-state index contributed by atoms with van der Waals surface area (Å²) in [6, 6.07) is 7.67. The van der Waals surface area contributed by atoms with Gasteiger partial charge in [0, 0.05) is 12.4 Å². The van der Waals surface area contributed by atoms with Gasteiger partial charge in [-0.25, -0.2) is 0 Å². The Hall–Kier alpha value is -2.21. The molecule has 0 spiro atoms. The maximum atomic E-state index is 12.2. The van der Waals surface area contributed by atoms with E-state index in [9.17, 15) is 4.79 Å². The molecule has 1 aliphatic heterocycles. The van der Waals surface area contributed by atoms with Gasteiger partial charge in [-0.05, 0) is 18.3 Å². The average molecular weight is 258 g/mol. The summed E-state index contributed by atoms with van der Waals surface area (Å²) in [7, 11) is 1.75. The van der Waals surface area contributed by atoms with Crippen LogP contribution in [-0.4, -0.2) is 15.9 Å². The Morgan fingerprint density at radius 2 is 2.11 bits per heavy atom. The number of para-hydroxylation sites is 1.